The third-order valence-corrected chi connectivity index (χ3v) is 4.37. The second-order valence-electron chi connectivity index (χ2n) is 4.79. The smallest absolute Gasteiger partial charge is 0.224 e. The van der Waals surface area contributed by atoms with Crippen LogP contribution in [0.5, 0.6) is 11.5 Å². The summed E-state index contributed by atoms with van der Waals surface area (Å²) in [5.41, 5.74) is 1.21. The van der Waals surface area contributed by atoms with E-state index in [1.165, 1.54) is 0 Å². The van der Waals surface area contributed by atoms with Gasteiger partial charge in [-0.3, -0.25) is 0 Å². The summed E-state index contributed by atoms with van der Waals surface area (Å²) in [4.78, 5) is 8.47. The minimum absolute atomic E-state index is 0.0929. The van der Waals surface area contributed by atoms with Gasteiger partial charge in [0.15, 0.2) is 11.5 Å². The molecule has 1 aromatic heterocycles. The molecule has 3 aromatic rings. The number of hydrogen-bond acceptors (Lipinski definition) is 5. The molecule has 0 spiro atoms. The molecule has 0 saturated heterocycles. The number of nitrogens with one attached hydrogen (secondary N) is 1. The van der Waals surface area contributed by atoms with Crippen LogP contribution in [0.25, 0.3) is 10.9 Å². The van der Waals surface area contributed by atoms with Gasteiger partial charge in [-0.2, -0.15) is 4.98 Å². The number of aromatic nitrogens is 2. The largest absolute Gasteiger partial charge is 0.493 e. The van der Waals surface area contributed by atoms with Gasteiger partial charge in [0.25, 0.3) is 0 Å². The van der Waals surface area contributed by atoms with Crippen molar-refractivity contribution >= 4 is 57.2 Å². The maximum Gasteiger partial charge on any atom is 0.224 e. The summed E-state index contributed by atoms with van der Waals surface area (Å²) in [5, 5.41) is 4.76. The quantitative estimate of drug-likeness (QED) is 0.614. The van der Waals surface area contributed by atoms with Crippen LogP contribution in [0.2, 0.25) is 15.3 Å². The van der Waals surface area contributed by atoms with Crippen LogP contribution in [0.3, 0.4) is 0 Å². The van der Waals surface area contributed by atoms with Gasteiger partial charge in [-0.15, -0.1) is 0 Å². The summed E-state index contributed by atoms with van der Waals surface area (Å²) in [7, 11) is 3.11. The molecule has 0 atom stereocenters. The zero-order chi connectivity index (χ0) is 17.3. The molecule has 5 nitrogen and oxygen atoms in total. The van der Waals surface area contributed by atoms with Crippen LogP contribution in [-0.4, -0.2) is 24.2 Å². The summed E-state index contributed by atoms with van der Waals surface area (Å²) >= 11 is 18.3. The van der Waals surface area contributed by atoms with Gasteiger partial charge in [0.1, 0.15) is 5.82 Å². The summed E-state index contributed by atoms with van der Waals surface area (Å²) in [6.07, 6.45) is 0. The molecule has 2 aromatic carbocycles. The topological polar surface area (TPSA) is 56.3 Å². The van der Waals surface area contributed by atoms with Crippen molar-refractivity contribution in [3.63, 3.8) is 0 Å². The van der Waals surface area contributed by atoms with Gasteiger partial charge in [-0.25, -0.2) is 4.98 Å². The Morgan fingerprint density at radius 2 is 1.67 bits per heavy atom. The number of benzene rings is 2. The highest BCUT2D eigenvalue weighted by Crippen LogP contribution is 2.37. The van der Waals surface area contributed by atoms with E-state index in [1.54, 1.807) is 44.6 Å². The van der Waals surface area contributed by atoms with Crippen LogP contribution < -0.4 is 14.8 Å². The lowest BCUT2D eigenvalue weighted by atomic mass is 10.2. The van der Waals surface area contributed by atoms with Crippen molar-refractivity contribution < 1.29 is 9.47 Å². The molecule has 0 aliphatic carbocycles. The molecule has 0 bridgehead atoms. The SMILES string of the molecule is COc1cc2nc(Cl)nc(Nc3cccc(Cl)c3Cl)c2cc1OC. The predicted molar refractivity (Wildman–Crippen MR) is 97.4 cm³/mol. The van der Waals surface area contributed by atoms with Crippen LogP contribution in [-0.2, 0) is 0 Å². The van der Waals surface area contributed by atoms with Crippen molar-refractivity contribution in [3.8, 4) is 11.5 Å². The van der Waals surface area contributed by atoms with Gasteiger partial charge >= 0.3 is 0 Å². The molecule has 0 unspecified atom stereocenters. The molecule has 0 radical (unpaired) electrons. The first kappa shape index (κ1) is 16.9. The van der Waals surface area contributed by atoms with E-state index in [9.17, 15) is 0 Å². The number of fused-ring (bicyclic) bond motifs is 1. The van der Waals surface area contributed by atoms with Gasteiger partial charge in [-0.05, 0) is 29.8 Å². The minimum atomic E-state index is 0.0929. The normalized spacial score (nSPS) is 10.7. The monoisotopic (exact) mass is 383 g/mol. The Balaban J connectivity index is 2.18. The number of anilines is 2. The Hall–Kier alpha value is -1.95. The molecule has 124 valence electrons. The number of hydrogen-bond donors (Lipinski definition) is 1. The van der Waals surface area contributed by atoms with Crippen LogP contribution in [0.4, 0.5) is 11.5 Å². The molecule has 0 fully saturated rings. The molecule has 1 N–H and O–H groups in total. The first-order chi connectivity index (χ1) is 11.5. The second-order valence-corrected chi connectivity index (χ2v) is 5.92. The predicted octanol–water partition coefficient (Wildman–Crippen LogP) is 5.35. The number of halogens is 3. The first-order valence-electron chi connectivity index (χ1n) is 6.83. The van der Waals surface area contributed by atoms with Crippen molar-refractivity contribution in [1.29, 1.82) is 0 Å². The Kier molecular flexibility index (Phi) is 4.85. The molecule has 0 aliphatic heterocycles. The van der Waals surface area contributed by atoms with Gasteiger partial charge in [0, 0.05) is 11.5 Å². The Morgan fingerprint density at radius 3 is 2.38 bits per heavy atom. The summed E-state index contributed by atoms with van der Waals surface area (Å²) in [5.74, 6) is 1.58. The molecule has 0 aliphatic rings. The molecular weight excluding hydrogens is 373 g/mol. The fourth-order valence-electron chi connectivity index (χ4n) is 2.25. The molecule has 1 heterocycles. The van der Waals surface area contributed by atoms with Crippen molar-refractivity contribution in [2.45, 2.75) is 0 Å². The van der Waals surface area contributed by atoms with E-state index in [0.29, 0.717) is 44.0 Å². The third kappa shape index (κ3) is 3.15. The maximum absolute atomic E-state index is 6.22. The maximum atomic E-state index is 6.22. The zero-order valence-corrected chi connectivity index (χ0v) is 15.0. The van der Waals surface area contributed by atoms with E-state index in [0.717, 1.165) is 0 Å². The molecule has 0 saturated carbocycles. The second kappa shape index (κ2) is 6.89. The first-order valence-corrected chi connectivity index (χ1v) is 7.97. The van der Waals surface area contributed by atoms with Crippen LogP contribution >= 0.6 is 34.8 Å². The average molecular weight is 385 g/mol. The van der Waals surface area contributed by atoms with Crippen LogP contribution in [0.1, 0.15) is 0 Å². The highest BCUT2D eigenvalue weighted by Gasteiger charge is 2.14. The summed E-state index contributed by atoms with van der Waals surface area (Å²) in [6.45, 7) is 0. The number of ether oxygens (including phenoxy) is 2. The van der Waals surface area contributed by atoms with Gasteiger partial charge < -0.3 is 14.8 Å². The summed E-state index contributed by atoms with van der Waals surface area (Å²) < 4.78 is 10.6. The molecule has 24 heavy (non-hydrogen) atoms. The van der Waals surface area contributed by atoms with Crippen molar-refractivity contribution in [2.24, 2.45) is 0 Å². The molecular formula is C16H12Cl3N3O2. The Morgan fingerprint density at radius 1 is 0.958 bits per heavy atom. The van der Waals surface area contributed by atoms with Crippen molar-refractivity contribution in [2.75, 3.05) is 19.5 Å². The Labute approximate surface area is 153 Å². The lowest BCUT2D eigenvalue weighted by Crippen LogP contribution is -1.99. The lowest BCUT2D eigenvalue weighted by Gasteiger charge is -2.13. The number of methoxy groups -OCH3 is 2. The summed E-state index contributed by atoms with van der Waals surface area (Å²) in [6, 6.07) is 8.77. The third-order valence-electron chi connectivity index (χ3n) is 3.38. The highest BCUT2D eigenvalue weighted by molar-refractivity contribution is 6.43. The highest BCUT2D eigenvalue weighted by atomic mass is 35.5. The Bertz CT molecular complexity index is 919. The fourth-order valence-corrected chi connectivity index (χ4v) is 2.77. The van der Waals surface area contributed by atoms with Crippen LogP contribution in [0, 0.1) is 0 Å². The fraction of sp³-hybridized carbons (Fsp3) is 0.125. The van der Waals surface area contributed by atoms with Gasteiger partial charge in [-0.1, -0.05) is 29.3 Å². The average Bonchev–Trinajstić information content (AvgIpc) is 2.57. The molecule has 8 heteroatoms. The van der Waals surface area contributed by atoms with E-state index >= 15 is 0 Å². The van der Waals surface area contributed by atoms with E-state index in [1.807, 2.05) is 0 Å². The minimum Gasteiger partial charge on any atom is -0.493 e. The van der Waals surface area contributed by atoms with E-state index < -0.39 is 0 Å². The van der Waals surface area contributed by atoms with E-state index in [4.69, 9.17) is 44.3 Å². The molecule has 3 rings (SSSR count). The van der Waals surface area contributed by atoms with E-state index in [2.05, 4.69) is 15.3 Å². The van der Waals surface area contributed by atoms with Crippen molar-refractivity contribution in [3.05, 3.63) is 45.7 Å². The standard InChI is InChI=1S/C16H12Cl3N3O2/c1-23-12-6-8-11(7-13(12)24-2)21-16(19)22-15(8)20-10-5-3-4-9(17)14(10)18/h3-7H,1-2H3,(H,20,21,22). The van der Waals surface area contributed by atoms with Crippen LogP contribution in [0.15, 0.2) is 30.3 Å². The van der Waals surface area contributed by atoms with Crippen molar-refractivity contribution in [1.82, 2.24) is 9.97 Å². The number of nitrogens with zero attached hydrogens (tertiary/aromatic N) is 2. The lowest BCUT2D eigenvalue weighted by molar-refractivity contribution is 0.356. The number of rotatable bonds is 4. The van der Waals surface area contributed by atoms with E-state index in [-0.39, 0.29) is 5.28 Å². The molecule has 0 amide bonds. The zero-order valence-electron chi connectivity index (χ0n) is 12.7. The van der Waals surface area contributed by atoms with Gasteiger partial charge in [0.05, 0.1) is 35.5 Å². The van der Waals surface area contributed by atoms with Gasteiger partial charge in [0.2, 0.25) is 5.28 Å².